The molecule has 2 aromatic rings. The minimum absolute atomic E-state index is 0.102. The predicted molar refractivity (Wildman–Crippen MR) is 83.0 cm³/mol. The number of carbonyl (C=O) groups is 1. The molecule has 1 amide bonds. The van der Waals surface area contributed by atoms with Gasteiger partial charge in [-0.2, -0.15) is 0 Å². The second-order valence-electron chi connectivity index (χ2n) is 4.44. The molecule has 5 heteroatoms. The number of rotatable bonds is 6. The van der Waals surface area contributed by atoms with Crippen LogP contribution in [0.25, 0.3) is 0 Å². The molecule has 0 aliphatic carbocycles. The lowest BCUT2D eigenvalue weighted by Gasteiger charge is -2.06. The average Bonchev–Trinajstić information content (AvgIpc) is 2.49. The molecule has 0 heterocycles. The molecule has 0 saturated heterocycles. The Balaban J connectivity index is 1.85. The lowest BCUT2D eigenvalue weighted by Crippen LogP contribution is -2.14. The number of hydrogen-bond acceptors (Lipinski definition) is 3. The van der Waals surface area contributed by atoms with Crippen molar-refractivity contribution < 1.29 is 14.3 Å². The van der Waals surface area contributed by atoms with E-state index in [2.05, 4.69) is 5.32 Å². The van der Waals surface area contributed by atoms with E-state index >= 15 is 0 Å². The molecule has 2 rings (SSSR count). The molecule has 0 radical (unpaired) electrons. The fourth-order valence-electron chi connectivity index (χ4n) is 1.79. The molecule has 2 aromatic carbocycles. The first-order valence-corrected chi connectivity index (χ1v) is 7.54. The molecule has 0 fully saturated rings. The van der Waals surface area contributed by atoms with Crippen LogP contribution in [-0.4, -0.2) is 23.4 Å². The number of carbonyl (C=O) groups excluding carboxylic acids is 1. The Morgan fingerprint density at radius 3 is 2.52 bits per heavy atom. The Morgan fingerprint density at radius 1 is 1.14 bits per heavy atom. The Labute approximate surface area is 127 Å². The highest BCUT2D eigenvalue weighted by Crippen LogP contribution is 2.21. The zero-order valence-electron chi connectivity index (χ0n) is 11.4. The van der Waals surface area contributed by atoms with Crippen LogP contribution in [0, 0.1) is 5.82 Å². The number of benzene rings is 2. The molecule has 0 unspecified atom stereocenters. The van der Waals surface area contributed by atoms with Crippen molar-refractivity contribution in [1.82, 2.24) is 0 Å². The maximum Gasteiger partial charge on any atom is 0.234 e. The molecule has 110 valence electrons. The number of nitrogens with one attached hydrogen (secondary N) is 1. The molecule has 0 bridgehead atoms. The normalized spacial score (nSPS) is 10.4. The third kappa shape index (κ3) is 4.88. The van der Waals surface area contributed by atoms with Crippen molar-refractivity contribution in [2.24, 2.45) is 0 Å². The third-order valence-electron chi connectivity index (χ3n) is 2.83. The van der Waals surface area contributed by atoms with Gasteiger partial charge in [0.1, 0.15) is 5.82 Å². The summed E-state index contributed by atoms with van der Waals surface area (Å²) in [6.45, 7) is 0.102. The molecule has 21 heavy (non-hydrogen) atoms. The van der Waals surface area contributed by atoms with Gasteiger partial charge in [-0.1, -0.05) is 24.3 Å². The van der Waals surface area contributed by atoms with Gasteiger partial charge in [-0.25, -0.2) is 4.39 Å². The lowest BCUT2D eigenvalue weighted by atomic mass is 10.1. The first-order valence-electron chi connectivity index (χ1n) is 6.56. The minimum Gasteiger partial charge on any atom is -0.396 e. The predicted octanol–water partition coefficient (Wildman–Crippen LogP) is 3.09. The quantitative estimate of drug-likeness (QED) is 0.806. The summed E-state index contributed by atoms with van der Waals surface area (Å²) < 4.78 is 13.4. The Morgan fingerprint density at radius 2 is 1.86 bits per heavy atom. The maximum absolute atomic E-state index is 13.4. The molecule has 0 aliphatic rings. The van der Waals surface area contributed by atoms with Crippen LogP contribution in [-0.2, 0) is 11.2 Å². The zero-order valence-corrected chi connectivity index (χ0v) is 12.2. The van der Waals surface area contributed by atoms with Crippen molar-refractivity contribution in [3.05, 3.63) is 59.9 Å². The highest BCUT2D eigenvalue weighted by molar-refractivity contribution is 8.00. The summed E-state index contributed by atoms with van der Waals surface area (Å²) in [4.78, 5) is 12.3. The van der Waals surface area contributed by atoms with E-state index in [0.29, 0.717) is 17.0 Å². The van der Waals surface area contributed by atoms with Gasteiger partial charge in [-0.3, -0.25) is 4.79 Å². The highest BCUT2D eigenvalue weighted by Gasteiger charge is 2.06. The number of amides is 1. The van der Waals surface area contributed by atoms with Gasteiger partial charge >= 0.3 is 0 Å². The molecule has 0 atom stereocenters. The Hall–Kier alpha value is -1.85. The van der Waals surface area contributed by atoms with E-state index < -0.39 is 0 Å². The maximum atomic E-state index is 13.4. The number of hydrogen-bond donors (Lipinski definition) is 2. The zero-order chi connectivity index (χ0) is 15.1. The van der Waals surface area contributed by atoms with Crippen LogP contribution < -0.4 is 5.32 Å². The summed E-state index contributed by atoms with van der Waals surface area (Å²) in [7, 11) is 0. The Bertz CT molecular complexity index is 601. The first kappa shape index (κ1) is 15.5. The summed E-state index contributed by atoms with van der Waals surface area (Å²) in [5.74, 6) is -0.346. The molecule has 2 N–H and O–H groups in total. The van der Waals surface area contributed by atoms with Crippen molar-refractivity contribution in [3.63, 3.8) is 0 Å². The molecular formula is C16H16FNO2S. The largest absolute Gasteiger partial charge is 0.396 e. The second kappa shape index (κ2) is 7.81. The van der Waals surface area contributed by atoms with Crippen molar-refractivity contribution in [2.45, 2.75) is 11.3 Å². The van der Waals surface area contributed by atoms with E-state index in [1.165, 1.54) is 17.8 Å². The van der Waals surface area contributed by atoms with Crippen LogP contribution in [0.1, 0.15) is 5.56 Å². The number of aliphatic hydroxyl groups excluding tert-OH is 1. The van der Waals surface area contributed by atoms with Crippen LogP contribution in [0.3, 0.4) is 0 Å². The van der Waals surface area contributed by atoms with Crippen molar-refractivity contribution in [1.29, 1.82) is 0 Å². The molecule has 0 saturated carbocycles. The van der Waals surface area contributed by atoms with Crippen molar-refractivity contribution >= 4 is 23.4 Å². The van der Waals surface area contributed by atoms with Gasteiger partial charge in [0.2, 0.25) is 5.91 Å². The monoisotopic (exact) mass is 305 g/mol. The minimum atomic E-state index is -0.316. The van der Waals surface area contributed by atoms with Gasteiger partial charge in [0.15, 0.2) is 0 Å². The van der Waals surface area contributed by atoms with E-state index in [4.69, 9.17) is 5.11 Å². The summed E-state index contributed by atoms with van der Waals surface area (Å²) in [6.07, 6.45) is 0.595. The van der Waals surface area contributed by atoms with Gasteiger partial charge in [-0.15, -0.1) is 11.8 Å². The molecule has 0 aliphatic heterocycles. The second-order valence-corrected chi connectivity index (χ2v) is 5.45. The van der Waals surface area contributed by atoms with Crippen LogP contribution in [0.5, 0.6) is 0 Å². The lowest BCUT2D eigenvalue weighted by molar-refractivity contribution is -0.113. The van der Waals surface area contributed by atoms with Gasteiger partial charge in [0.25, 0.3) is 0 Å². The van der Waals surface area contributed by atoms with Crippen molar-refractivity contribution in [3.8, 4) is 0 Å². The number of thioether (sulfide) groups is 1. The molecular weight excluding hydrogens is 289 g/mol. The van der Waals surface area contributed by atoms with Gasteiger partial charge in [0, 0.05) is 17.2 Å². The van der Waals surface area contributed by atoms with E-state index in [0.717, 1.165) is 5.56 Å². The van der Waals surface area contributed by atoms with Crippen LogP contribution in [0.15, 0.2) is 53.4 Å². The van der Waals surface area contributed by atoms with E-state index in [1.807, 2.05) is 12.1 Å². The number of anilines is 1. The highest BCUT2D eigenvalue weighted by atomic mass is 32.2. The van der Waals surface area contributed by atoms with Crippen LogP contribution in [0.2, 0.25) is 0 Å². The van der Waals surface area contributed by atoms with E-state index in [-0.39, 0.29) is 24.1 Å². The van der Waals surface area contributed by atoms with Gasteiger partial charge in [-0.05, 0) is 36.2 Å². The summed E-state index contributed by atoms with van der Waals surface area (Å²) in [5.41, 5.74) is 1.70. The molecule has 0 aromatic heterocycles. The standard InChI is InChI=1S/C16H16FNO2S/c17-14-3-1-2-4-15(14)21-11-16(20)18-13-7-5-12(6-8-13)9-10-19/h1-8,19H,9-11H2,(H,18,20). The van der Waals surface area contributed by atoms with E-state index in [9.17, 15) is 9.18 Å². The SMILES string of the molecule is O=C(CSc1ccccc1F)Nc1ccc(CCO)cc1. The summed E-state index contributed by atoms with van der Waals surface area (Å²) >= 11 is 1.17. The average molecular weight is 305 g/mol. The van der Waals surface area contributed by atoms with Gasteiger partial charge in [0.05, 0.1) is 5.75 Å². The fraction of sp³-hybridized carbons (Fsp3) is 0.188. The third-order valence-corrected chi connectivity index (χ3v) is 3.88. The van der Waals surface area contributed by atoms with Crippen molar-refractivity contribution in [2.75, 3.05) is 17.7 Å². The van der Waals surface area contributed by atoms with Crippen LogP contribution >= 0.6 is 11.8 Å². The fourth-order valence-corrected chi connectivity index (χ4v) is 2.53. The topological polar surface area (TPSA) is 49.3 Å². The summed E-state index contributed by atoms with van der Waals surface area (Å²) in [5, 5.41) is 11.6. The van der Waals surface area contributed by atoms with Gasteiger partial charge < -0.3 is 10.4 Å². The molecule has 3 nitrogen and oxygen atoms in total. The summed E-state index contributed by atoms with van der Waals surface area (Å²) in [6, 6.07) is 13.7. The smallest absolute Gasteiger partial charge is 0.234 e. The Kier molecular flexibility index (Phi) is 5.78. The number of halogens is 1. The van der Waals surface area contributed by atoms with Crippen LogP contribution in [0.4, 0.5) is 10.1 Å². The number of aliphatic hydroxyl groups is 1. The van der Waals surface area contributed by atoms with E-state index in [1.54, 1.807) is 30.3 Å². The first-order chi connectivity index (χ1) is 10.2. The molecule has 0 spiro atoms.